The van der Waals surface area contributed by atoms with Crippen molar-refractivity contribution in [2.24, 2.45) is 12.0 Å². The van der Waals surface area contributed by atoms with Crippen molar-refractivity contribution in [2.45, 2.75) is 5.92 Å². The number of amides is 1. The van der Waals surface area contributed by atoms with Gasteiger partial charge in [-0.1, -0.05) is 30.3 Å². The third kappa shape index (κ3) is 3.78. The van der Waals surface area contributed by atoms with E-state index in [4.69, 9.17) is 4.99 Å². The molecule has 1 aromatic heterocycles. The molecule has 162 valence electrons. The largest absolute Gasteiger partial charge is 0.334 e. The molecule has 4 aromatic rings. The highest BCUT2D eigenvalue weighted by molar-refractivity contribution is 6.24. The Morgan fingerprint density at radius 2 is 1.85 bits per heavy atom. The first-order valence-corrected chi connectivity index (χ1v) is 10.3. The number of aromatic nitrogens is 2. The van der Waals surface area contributed by atoms with Crippen molar-refractivity contribution in [3.8, 4) is 11.4 Å². The van der Waals surface area contributed by atoms with E-state index in [0.29, 0.717) is 22.6 Å². The second kappa shape index (κ2) is 8.16. The number of nitro groups is 1. The van der Waals surface area contributed by atoms with E-state index >= 15 is 0 Å². The van der Waals surface area contributed by atoms with Crippen molar-refractivity contribution in [1.29, 1.82) is 0 Å². The standard InChI is InChI=1S/C25H19N5O3/c1-29-14-13-26-24(29)17-7-9-18(10-8-17)27-23(16-5-3-2-4-6-16)22-20-15-19(30(32)33)11-12-21(20)28-25(22)31/h2-15,22H,1H3,(H,28,31). The molecule has 0 fully saturated rings. The Balaban J connectivity index is 1.61. The summed E-state index contributed by atoms with van der Waals surface area (Å²) in [5.41, 5.74) is 3.94. The van der Waals surface area contributed by atoms with Crippen LogP contribution in [0.1, 0.15) is 17.0 Å². The predicted molar refractivity (Wildman–Crippen MR) is 126 cm³/mol. The van der Waals surface area contributed by atoms with Gasteiger partial charge in [-0.15, -0.1) is 0 Å². The molecule has 3 aromatic carbocycles. The van der Waals surface area contributed by atoms with Gasteiger partial charge in [0, 0.05) is 48.4 Å². The van der Waals surface area contributed by atoms with Gasteiger partial charge in [-0.3, -0.25) is 19.9 Å². The molecule has 33 heavy (non-hydrogen) atoms. The molecule has 0 saturated heterocycles. The minimum absolute atomic E-state index is 0.0675. The van der Waals surface area contributed by atoms with Crippen molar-refractivity contribution in [2.75, 3.05) is 5.32 Å². The van der Waals surface area contributed by atoms with Gasteiger partial charge in [-0.2, -0.15) is 0 Å². The smallest absolute Gasteiger partial charge is 0.269 e. The van der Waals surface area contributed by atoms with Gasteiger partial charge in [-0.05, 0) is 35.9 Å². The number of carbonyl (C=O) groups is 1. The maximum Gasteiger partial charge on any atom is 0.269 e. The summed E-state index contributed by atoms with van der Waals surface area (Å²) >= 11 is 0. The Kier molecular flexibility index (Phi) is 5.02. The topological polar surface area (TPSA) is 102 Å². The van der Waals surface area contributed by atoms with E-state index in [-0.39, 0.29) is 11.6 Å². The molecular formula is C25H19N5O3. The van der Waals surface area contributed by atoms with Crippen LogP contribution in [0.15, 0.2) is 90.2 Å². The molecule has 0 spiro atoms. The highest BCUT2D eigenvalue weighted by Crippen LogP contribution is 2.38. The summed E-state index contributed by atoms with van der Waals surface area (Å²) in [7, 11) is 1.93. The van der Waals surface area contributed by atoms with Gasteiger partial charge in [0.1, 0.15) is 11.7 Å². The van der Waals surface area contributed by atoms with E-state index in [1.165, 1.54) is 12.1 Å². The number of hydrogen-bond donors (Lipinski definition) is 1. The van der Waals surface area contributed by atoms with Crippen LogP contribution in [0.2, 0.25) is 0 Å². The molecule has 2 heterocycles. The highest BCUT2D eigenvalue weighted by atomic mass is 16.6. The summed E-state index contributed by atoms with van der Waals surface area (Å²) in [5, 5.41) is 14.2. The van der Waals surface area contributed by atoms with Crippen LogP contribution in [0.25, 0.3) is 11.4 Å². The van der Waals surface area contributed by atoms with Crippen LogP contribution in [-0.4, -0.2) is 26.1 Å². The van der Waals surface area contributed by atoms with Gasteiger partial charge in [0.2, 0.25) is 5.91 Å². The lowest BCUT2D eigenvalue weighted by Crippen LogP contribution is -2.22. The Bertz CT molecular complexity index is 1390. The number of aliphatic imine (C=N–C) groups is 1. The zero-order valence-electron chi connectivity index (χ0n) is 17.7. The quantitative estimate of drug-likeness (QED) is 0.274. The van der Waals surface area contributed by atoms with Crippen LogP contribution in [0, 0.1) is 10.1 Å². The lowest BCUT2D eigenvalue weighted by Gasteiger charge is -2.14. The summed E-state index contributed by atoms with van der Waals surface area (Å²) < 4.78 is 1.93. The van der Waals surface area contributed by atoms with Gasteiger partial charge in [-0.25, -0.2) is 4.98 Å². The summed E-state index contributed by atoms with van der Waals surface area (Å²) in [5.74, 6) is -0.195. The van der Waals surface area contributed by atoms with E-state index in [9.17, 15) is 14.9 Å². The number of anilines is 1. The number of rotatable bonds is 5. The lowest BCUT2D eigenvalue weighted by molar-refractivity contribution is -0.384. The Morgan fingerprint density at radius 3 is 2.52 bits per heavy atom. The SMILES string of the molecule is Cn1ccnc1-c1ccc(N=C(c2ccccc2)C2C(=O)Nc3ccc([N+](=O)[O-])cc32)cc1. The monoisotopic (exact) mass is 437 g/mol. The second-order valence-corrected chi connectivity index (χ2v) is 7.72. The zero-order valence-corrected chi connectivity index (χ0v) is 17.7. The second-order valence-electron chi connectivity index (χ2n) is 7.72. The van der Waals surface area contributed by atoms with Gasteiger partial charge in [0.05, 0.1) is 16.3 Å². The van der Waals surface area contributed by atoms with Crippen LogP contribution < -0.4 is 5.32 Å². The highest BCUT2D eigenvalue weighted by Gasteiger charge is 2.36. The minimum atomic E-state index is -0.767. The van der Waals surface area contributed by atoms with E-state index in [1.54, 1.807) is 12.3 Å². The molecule has 1 unspecified atom stereocenters. The molecule has 1 aliphatic rings. The number of nitro benzene ring substituents is 1. The Labute approximate surface area is 189 Å². The average molecular weight is 437 g/mol. The summed E-state index contributed by atoms with van der Waals surface area (Å²) in [4.78, 5) is 33.1. The number of nitrogens with zero attached hydrogens (tertiary/aromatic N) is 4. The molecule has 1 N–H and O–H groups in total. The molecule has 1 amide bonds. The number of hydrogen-bond acceptors (Lipinski definition) is 5. The fraction of sp³-hybridized carbons (Fsp3) is 0.0800. The molecule has 1 atom stereocenters. The van der Waals surface area contributed by atoms with E-state index in [0.717, 1.165) is 17.0 Å². The van der Waals surface area contributed by atoms with Gasteiger partial charge in [0.15, 0.2) is 0 Å². The van der Waals surface area contributed by atoms with Crippen LogP contribution in [0.5, 0.6) is 0 Å². The first-order valence-electron chi connectivity index (χ1n) is 10.3. The first kappa shape index (κ1) is 20.3. The molecule has 0 bridgehead atoms. The van der Waals surface area contributed by atoms with Crippen molar-refractivity contribution in [1.82, 2.24) is 9.55 Å². The molecule has 8 nitrogen and oxygen atoms in total. The molecule has 8 heteroatoms. The normalized spacial score (nSPS) is 15.2. The summed E-state index contributed by atoms with van der Waals surface area (Å²) in [6.07, 6.45) is 3.62. The molecular weight excluding hydrogens is 418 g/mol. The lowest BCUT2D eigenvalue weighted by atomic mass is 9.90. The minimum Gasteiger partial charge on any atom is -0.334 e. The number of fused-ring (bicyclic) bond motifs is 1. The van der Waals surface area contributed by atoms with Gasteiger partial charge < -0.3 is 9.88 Å². The zero-order chi connectivity index (χ0) is 22.9. The van der Waals surface area contributed by atoms with Crippen LogP contribution >= 0.6 is 0 Å². The van der Waals surface area contributed by atoms with Gasteiger partial charge in [0.25, 0.3) is 5.69 Å². The fourth-order valence-corrected chi connectivity index (χ4v) is 4.01. The van der Waals surface area contributed by atoms with Crippen molar-refractivity contribution < 1.29 is 9.72 Å². The van der Waals surface area contributed by atoms with E-state index in [1.807, 2.05) is 72.4 Å². The third-order valence-corrected chi connectivity index (χ3v) is 5.62. The molecule has 5 rings (SSSR count). The number of imidazole rings is 1. The number of non-ortho nitro benzene ring substituents is 1. The van der Waals surface area contributed by atoms with E-state index < -0.39 is 10.8 Å². The third-order valence-electron chi connectivity index (χ3n) is 5.62. The predicted octanol–water partition coefficient (Wildman–Crippen LogP) is 4.85. The number of aryl methyl sites for hydroxylation is 1. The average Bonchev–Trinajstić information content (AvgIpc) is 3.40. The summed E-state index contributed by atoms with van der Waals surface area (Å²) in [6, 6.07) is 21.4. The maximum absolute atomic E-state index is 13.0. The van der Waals surface area contributed by atoms with E-state index in [2.05, 4.69) is 10.3 Å². The van der Waals surface area contributed by atoms with Gasteiger partial charge >= 0.3 is 0 Å². The molecule has 0 saturated carbocycles. The van der Waals surface area contributed by atoms with Crippen molar-refractivity contribution in [3.05, 3.63) is 106 Å². The molecule has 1 aliphatic heterocycles. The van der Waals surface area contributed by atoms with Crippen LogP contribution in [0.4, 0.5) is 17.1 Å². The van der Waals surface area contributed by atoms with Crippen molar-refractivity contribution in [3.63, 3.8) is 0 Å². The number of benzene rings is 3. The van der Waals surface area contributed by atoms with Crippen LogP contribution in [-0.2, 0) is 11.8 Å². The first-order chi connectivity index (χ1) is 16.0. The summed E-state index contributed by atoms with van der Waals surface area (Å²) in [6.45, 7) is 0. The fourth-order valence-electron chi connectivity index (χ4n) is 4.01. The van der Waals surface area contributed by atoms with Crippen molar-refractivity contribution >= 4 is 28.7 Å². The molecule has 0 radical (unpaired) electrons. The Morgan fingerprint density at radius 1 is 1.09 bits per heavy atom. The number of nitrogens with one attached hydrogen (secondary N) is 1. The molecule has 0 aliphatic carbocycles. The van der Waals surface area contributed by atoms with Crippen LogP contribution in [0.3, 0.4) is 0 Å². The number of carbonyl (C=O) groups excluding carboxylic acids is 1. The Hall–Kier alpha value is -4.59. The maximum atomic E-state index is 13.0.